The molecule has 4 saturated carbocycles. The Hall–Kier alpha value is -2.21. The van der Waals surface area contributed by atoms with Crippen molar-refractivity contribution in [2.24, 2.45) is 11.8 Å². The van der Waals surface area contributed by atoms with Crippen molar-refractivity contribution in [2.75, 3.05) is 18.4 Å². The van der Waals surface area contributed by atoms with Crippen LogP contribution < -0.4 is 10.6 Å². The zero-order chi connectivity index (χ0) is 21.1. The zero-order valence-electron chi connectivity index (χ0n) is 17.1. The molecule has 1 saturated heterocycles. The first-order valence-electron chi connectivity index (χ1n) is 10.7. The number of aromatic nitrogens is 1. The summed E-state index contributed by atoms with van der Waals surface area (Å²) in [4.78, 5) is 13.8. The Labute approximate surface area is 174 Å². The third-order valence-electron chi connectivity index (χ3n) is 7.44. The van der Waals surface area contributed by atoms with Crippen LogP contribution in [0.3, 0.4) is 0 Å². The molecule has 1 aromatic rings. The van der Waals surface area contributed by atoms with Crippen LogP contribution in [0.1, 0.15) is 50.7 Å². The molecule has 30 heavy (non-hydrogen) atoms. The molecule has 6 rings (SSSR count). The fourth-order valence-corrected chi connectivity index (χ4v) is 6.87. The first-order chi connectivity index (χ1) is 14.2. The number of rotatable bonds is 5. The maximum Gasteiger partial charge on any atom is 0.268 e. The summed E-state index contributed by atoms with van der Waals surface area (Å²) in [5.41, 5.74) is -0.269. The average Bonchev–Trinajstić information content (AvgIpc) is 3.19. The van der Waals surface area contributed by atoms with E-state index in [1.165, 1.54) is 6.42 Å². The van der Waals surface area contributed by atoms with Gasteiger partial charge in [0.15, 0.2) is 5.82 Å². The lowest BCUT2D eigenvalue weighted by Crippen LogP contribution is -2.67. The molecule has 0 radical (unpaired) electrons. The van der Waals surface area contributed by atoms with E-state index < -0.39 is 30.8 Å². The van der Waals surface area contributed by atoms with Gasteiger partial charge in [-0.1, -0.05) is 5.16 Å². The molecule has 1 aliphatic heterocycles. The number of hydrogen-bond donors (Lipinski definition) is 2. The van der Waals surface area contributed by atoms with E-state index in [1.54, 1.807) is 0 Å². The largest absolute Gasteiger partial charge is 0.362 e. The van der Waals surface area contributed by atoms with Gasteiger partial charge in [-0.15, -0.1) is 0 Å². The summed E-state index contributed by atoms with van der Waals surface area (Å²) < 4.78 is 32.6. The highest BCUT2D eigenvalue weighted by Crippen LogP contribution is 2.58. The van der Waals surface area contributed by atoms with Gasteiger partial charge in [0, 0.05) is 23.6 Å². The number of hydrogen-bond acceptors (Lipinski definition) is 6. The van der Waals surface area contributed by atoms with E-state index in [0.717, 1.165) is 48.6 Å². The van der Waals surface area contributed by atoms with Gasteiger partial charge in [0.25, 0.3) is 5.92 Å². The van der Waals surface area contributed by atoms with E-state index in [9.17, 15) is 18.8 Å². The molecule has 0 spiro atoms. The molecule has 4 aliphatic carbocycles. The van der Waals surface area contributed by atoms with Crippen molar-refractivity contribution >= 4 is 11.7 Å². The average molecular weight is 419 g/mol. The number of nitrogens with zero attached hydrogens (tertiary/aromatic N) is 3. The molecular weight excluding hydrogens is 392 g/mol. The number of amides is 1. The van der Waals surface area contributed by atoms with Crippen LogP contribution in [0.15, 0.2) is 10.6 Å². The second-order valence-corrected chi connectivity index (χ2v) is 10.0. The molecular formula is C21H27F2N5O2. The van der Waals surface area contributed by atoms with Gasteiger partial charge in [-0.05, 0) is 57.3 Å². The highest BCUT2D eigenvalue weighted by molar-refractivity contribution is 5.79. The molecule has 5 fully saturated rings. The van der Waals surface area contributed by atoms with E-state index >= 15 is 0 Å². The van der Waals surface area contributed by atoms with E-state index in [0.29, 0.717) is 11.8 Å². The summed E-state index contributed by atoms with van der Waals surface area (Å²) in [6.45, 7) is 1.19. The number of aryl methyl sites for hydroxylation is 1. The second-order valence-electron chi connectivity index (χ2n) is 10.0. The molecule has 3 atom stereocenters. The highest BCUT2D eigenvalue weighted by atomic mass is 19.3. The summed E-state index contributed by atoms with van der Waals surface area (Å²) in [6, 6.07) is 2.70. The van der Waals surface area contributed by atoms with Crippen molar-refractivity contribution in [1.29, 1.82) is 5.26 Å². The van der Waals surface area contributed by atoms with Crippen LogP contribution in [0.2, 0.25) is 0 Å². The fraction of sp³-hybridized carbons (Fsp3) is 0.762. The van der Waals surface area contributed by atoms with Gasteiger partial charge >= 0.3 is 0 Å². The van der Waals surface area contributed by atoms with Crippen LogP contribution in [0.4, 0.5) is 14.6 Å². The van der Waals surface area contributed by atoms with Gasteiger partial charge in [-0.25, -0.2) is 8.78 Å². The van der Waals surface area contributed by atoms with Gasteiger partial charge in [-0.2, -0.15) is 5.26 Å². The fourth-order valence-electron chi connectivity index (χ4n) is 6.87. The van der Waals surface area contributed by atoms with Crippen LogP contribution in [-0.4, -0.2) is 52.1 Å². The number of nitriles is 1. The van der Waals surface area contributed by atoms with Gasteiger partial charge in [0.2, 0.25) is 5.91 Å². The van der Waals surface area contributed by atoms with E-state index in [2.05, 4.69) is 15.8 Å². The minimum atomic E-state index is -2.99. The lowest BCUT2D eigenvalue weighted by Gasteiger charge is -2.62. The number of carbonyl (C=O) groups excluding carboxylic acids is 1. The van der Waals surface area contributed by atoms with Crippen molar-refractivity contribution in [1.82, 2.24) is 15.4 Å². The Balaban J connectivity index is 1.29. The van der Waals surface area contributed by atoms with E-state index in [4.69, 9.17) is 4.52 Å². The summed E-state index contributed by atoms with van der Waals surface area (Å²) >= 11 is 0. The summed E-state index contributed by atoms with van der Waals surface area (Å²) in [6.07, 6.45) is 5.63. The molecule has 2 unspecified atom stereocenters. The molecule has 4 bridgehead atoms. The Bertz CT molecular complexity index is 880. The van der Waals surface area contributed by atoms with E-state index in [1.807, 2.05) is 19.1 Å². The van der Waals surface area contributed by atoms with Crippen LogP contribution in [-0.2, 0) is 4.79 Å². The molecule has 1 amide bonds. The number of anilines is 1. The molecule has 9 heteroatoms. The third kappa shape index (κ3) is 3.45. The summed E-state index contributed by atoms with van der Waals surface area (Å²) in [5.74, 6) is -0.759. The van der Waals surface area contributed by atoms with Crippen molar-refractivity contribution in [3.63, 3.8) is 0 Å². The Kier molecular flexibility index (Phi) is 4.37. The molecule has 2 heterocycles. The first kappa shape index (κ1) is 19.7. The summed E-state index contributed by atoms with van der Waals surface area (Å²) in [5, 5.41) is 20.4. The number of alkyl halides is 2. The maximum atomic E-state index is 13.7. The topological polar surface area (TPSA) is 94.2 Å². The molecule has 2 N–H and O–H groups in total. The van der Waals surface area contributed by atoms with Gasteiger partial charge in [0.1, 0.15) is 11.8 Å². The quantitative estimate of drug-likeness (QED) is 0.762. The van der Waals surface area contributed by atoms with Crippen molar-refractivity contribution in [3.05, 3.63) is 11.8 Å². The number of nitrogens with one attached hydrogen (secondary N) is 2. The number of likely N-dealkylation sites (tertiary alicyclic amines) is 1. The molecule has 1 aromatic heterocycles. The van der Waals surface area contributed by atoms with Gasteiger partial charge < -0.3 is 20.1 Å². The van der Waals surface area contributed by atoms with Crippen molar-refractivity contribution < 1.29 is 18.1 Å². The Morgan fingerprint density at radius 1 is 1.30 bits per heavy atom. The lowest BCUT2D eigenvalue weighted by molar-refractivity contribution is -0.132. The van der Waals surface area contributed by atoms with Crippen molar-refractivity contribution in [3.8, 4) is 6.07 Å². The second kappa shape index (κ2) is 6.64. The van der Waals surface area contributed by atoms with Crippen LogP contribution >= 0.6 is 0 Å². The Morgan fingerprint density at radius 3 is 2.63 bits per heavy atom. The molecule has 5 aliphatic rings. The predicted molar refractivity (Wildman–Crippen MR) is 104 cm³/mol. The molecule has 7 nitrogen and oxygen atoms in total. The van der Waals surface area contributed by atoms with Crippen molar-refractivity contribution in [2.45, 2.75) is 74.9 Å². The lowest BCUT2D eigenvalue weighted by atomic mass is 9.50. The van der Waals surface area contributed by atoms with Crippen LogP contribution in [0.25, 0.3) is 0 Å². The van der Waals surface area contributed by atoms with Crippen LogP contribution in [0.5, 0.6) is 0 Å². The smallest absolute Gasteiger partial charge is 0.268 e. The van der Waals surface area contributed by atoms with Gasteiger partial charge in [-0.3, -0.25) is 4.79 Å². The highest BCUT2D eigenvalue weighted by Gasteiger charge is 2.58. The zero-order valence-corrected chi connectivity index (χ0v) is 17.1. The predicted octanol–water partition coefficient (Wildman–Crippen LogP) is 2.84. The Morgan fingerprint density at radius 2 is 2.00 bits per heavy atom. The number of carbonyl (C=O) groups is 1. The standard InChI is InChI=1S/C21H27F2N5O2/c1-13-2-17(27-30-13)26-20-6-14-3-15(7-20)5-19(4-14,11-20)25-10-18(29)28-12-21(22,23)8-16(28)9-24/h2,14-16,25H,3-8,10-12H2,1H3,(H,26,27)/t14?,15?,16-,19?,20?/m0/s1. The maximum absolute atomic E-state index is 13.7. The third-order valence-corrected chi connectivity index (χ3v) is 7.44. The summed E-state index contributed by atoms with van der Waals surface area (Å²) in [7, 11) is 0. The SMILES string of the molecule is Cc1cc(NC23CC4CC(CC(NCC(=O)N5CC(F)(F)C[C@H]5C#N)(C4)C2)C3)no1. The first-order valence-corrected chi connectivity index (χ1v) is 10.7. The normalized spacial score (nSPS) is 38.6. The van der Waals surface area contributed by atoms with Gasteiger partial charge in [0.05, 0.1) is 19.2 Å². The minimum absolute atomic E-state index is 0.00709. The molecule has 0 aromatic carbocycles. The minimum Gasteiger partial charge on any atom is -0.362 e. The number of halogens is 2. The molecule has 162 valence electrons. The van der Waals surface area contributed by atoms with Crippen LogP contribution in [0, 0.1) is 30.1 Å². The monoisotopic (exact) mass is 419 g/mol. The van der Waals surface area contributed by atoms with E-state index in [-0.39, 0.29) is 17.6 Å².